The van der Waals surface area contributed by atoms with E-state index in [9.17, 15) is 9.18 Å². The van der Waals surface area contributed by atoms with Crippen LogP contribution in [0.25, 0.3) is 0 Å². The topological polar surface area (TPSA) is 38.3 Å². The molecule has 110 valence electrons. The third kappa shape index (κ3) is 3.60. The number of carbonyl (C=O) groups is 1. The van der Waals surface area contributed by atoms with Gasteiger partial charge in [0.15, 0.2) is 0 Å². The molecule has 0 bridgehead atoms. The Bertz CT molecular complexity index is 668. The van der Waals surface area contributed by atoms with Gasteiger partial charge >= 0.3 is 0 Å². The minimum absolute atomic E-state index is 0.227. The lowest BCUT2D eigenvalue weighted by Gasteiger charge is -2.11. The van der Waals surface area contributed by atoms with Gasteiger partial charge in [-0.1, -0.05) is 12.1 Å². The molecule has 0 aromatic heterocycles. The van der Waals surface area contributed by atoms with Crippen molar-refractivity contribution in [2.45, 2.75) is 20.4 Å². The van der Waals surface area contributed by atoms with Crippen LogP contribution in [-0.2, 0) is 6.54 Å². The normalized spacial score (nSPS) is 10.3. The maximum absolute atomic E-state index is 13.1. The molecule has 4 heteroatoms. The number of amides is 1. The largest absolute Gasteiger partial charge is 0.496 e. The van der Waals surface area contributed by atoms with Gasteiger partial charge in [0, 0.05) is 17.7 Å². The van der Waals surface area contributed by atoms with Gasteiger partial charge in [0.2, 0.25) is 0 Å². The zero-order valence-corrected chi connectivity index (χ0v) is 12.4. The zero-order valence-electron chi connectivity index (χ0n) is 12.4. The highest BCUT2D eigenvalue weighted by Crippen LogP contribution is 2.20. The molecule has 2 rings (SSSR count). The van der Waals surface area contributed by atoms with Gasteiger partial charge in [-0.25, -0.2) is 4.39 Å². The Morgan fingerprint density at radius 2 is 1.95 bits per heavy atom. The molecule has 21 heavy (non-hydrogen) atoms. The average molecular weight is 287 g/mol. The van der Waals surface area contributed by atoms with Crippen LogP contribution in [0.1, 0.15) is 27.0 Å². The van der Waals surface area contributed by atoms with E-state index in [4.69, 9.17) is 4.74 Å². The molecule has 1 amide bonds. The number of rotatable bonds is 4. The van der Waals surface area contributed by atoms with Crippen molar-refractivity contribution in [3.05, 3.63) is 64.5 Å². The van der Waals surface area contributed by atoms with E-state index >= 15 is 0 Å². The first kappa shape index (κ1) is 15.0. The first-order valence-electron chi connectivity index (χ1n) is 6.69. The van der Waals surface area contributed by atoms with Crippen LogP contribution in [0.15, 0.2) is 36.4 Å². The van der Waals surface area contributed by atoms with E-state index in [1.807, 2.05) is 25.1 Å². The molecule has 0 saturated heterocycles. The second-order valence-electron chi connectivity index (χ2n) is 4.96. The van der Waals surface area contributed by atoms with E-state index in [-0.39, 0.29) is 11.7 Å². The Morgan fingerprint density at radius 3 is 2.62 bits per heavy atom. The van der Waals surface area contributed by atoms with Gasteiger partial charge in [0.1, 0.15) is 11.6 Å². The van der Waals surface area contributed by atoms with Gasteiger partial charge < -0.3 is 10.1 Å². The van der Waals surface area contributed by atoms with E-state index in [2.05, 4.69) is 5.32 Å². The fourth-order valence-electron chi connectivity index (χ4n) is 2.15. The smallest absolute Gasteiger partial charge is 0.251 e. The van der Waals surface area contributed by atoms with E-state index in [0.29, 0.717) is 17.7 Å². The van der Waals surface area contributed by atoms with E-state index in [0.717, 1.165) is 16.9 Å². The molecule has 3 nitrogen and oxygen atoms in total. The lowest BCUT2D eigenvalue weighted by atomic mass is 10.1. The molecule has 0 spiro atoms. The highest BCUT2D eigenvalue weighted by Gasteiger charge is 2.10. The Morgan fingerprint density at radius 1 is 1.19 bits per heavy atom. The molecule has 0 aliphatic rings. The van der Waals surface area contributed by atoms with Crippen LogP contribution >= 0.6 is 0 Å². The zero-order chi connectivity index (χ0) is 15.4. The van der Waals surface area contributed by atoms with E-state index < -0.39 is 0 Å². The van der Waals surface area contributed by atoms with Crippen LogP contribution in [0.4, 0.5) is 4.39 Å². The molecule has 0 atom stereocenters. The van der Waals surface area contributed by atoms with E-state index in [1.54, 1.807) is 14.0 Å². The summed E-state index contributed by atoms with van der Waals surface area (Å²) in [6.07, 6.45) is 0. The Hall–Kier alpha value is -2.36. The molecule has 0 saturated carbocycles. The lowest BCUT2D eigenvalue weighted by molar-refractivity contribution is 0.0950. The molecule has 0 fully saturated rings. The first-order chi connectivity index (χ1) is 10.0. The summed E-state index contributed by atoms with van der Waals surface area (Å²) in [7, 11) is 1.60. The first-order valence-corrected chi connectivity index (χ1v) is 6.69. The third-order valence-corrected chi connectivity index (χ3v) is 3.32. The number of aryl methyl sites for hydroxylation is 2. The van der Waals surface area contributed by atoms with Gasteiger partial charge in [-0.2, -0.15) is 0 Å². The van der Waals surface area contributed by atoms with Gasteiger partial charge in [0.05, 0.1) is 7.11 Å². The van der Waals surface area contributed by atoms with Crippen LogP contribution in [0.3, 0.4) is 0 Å². The molecule has 0 heterocycles. The number of methoxy groups -OCH3 is 1. The number of hydrogen-bond donors (Lipinski definition) is 1. The molecule has 0 aliphatic carbocycles. The highest BCUT2D eigenvalue weighted by atomic mass is 19.1. The van der Waals surface area contributed by atoms with Crippen LogP contribution in [0.5, 0.6) is 5.75 Å². The maximum atomic E-state index is 13.1. The molecule has 2 aromatic rings. The van der Waals surface area contributed by atoms with Crippen molar-refractivity contribution in [1.82, 2.24) is 5.32 Å². The predicted octanol–water partition coefficient (Wildman–Crippen LogP) is 3.38. The van der Waals surface area contributed by atoms with Gasteiger partial charge in [-0.3, -0.25) is 4.79 Å². The molecule has 1 N–H and O–H groups in total. The monoisotopic (exact) mass is 287 g/mol. The second-order valence-corrected chi connectivity index (χ2v) is 4.96. The highest BCUT2D eigenvalue weighted by molar-refractivity contribution is 5.95. The molecule has 0 aliphatic heterocycles. The Kier molecular flexibility index (Phi) is 4.58. The van der Waals surface area contributed by atoms with Gasteiger partial charge in [-0.15, -0.1) is 0 Å². The summed E-state index contributed by atoms with van der Waals surface area (Å²) in [5.74, 6) is 0.172. The number of ether oxygens (including phenoxy) is 1. The van der Waals surface area contributed by atoms with Crippen molar-refractivity contribution in [3.63, 3.8) is 0 Å². The summed E-state index contributed by atoms with van der Waals surface area (Å²) in [6, 6.07) is 9.94. The molecule has 0 radical (unpaired) electrons. The number of carbonyl (C=O) groups excluding carboxylic acids is 1. The van der Waals surface area contributed by atoms with Crippen LogP contribution in [0, 0.1) is 19.7 Å². The summed E-state index contributed by atoms with van der Waals surface area (Å²) in [5.41, 5.74) is 3.08. The van der Waals surface area contributed by atoms with Crippen LogP contribution in [0.2, 0.25) is 0 Å². The third-order valence-electron chi connectivity index (χ3n) is 3.32. The molecular formula is C17H18FNO2. The average Bonchev–Trinajstić information content (AvgIpc) is 2.45. The van der Waals surface area contributed by atoms with Crippen molar-refractivity contribution in [2.75, 3.05) is 7.11 Å². The maximum Gasteiger partial charge on any atom is 0.251 e. The fourth-order valence-corrected chi connectivity index (χ4v) is 2.15. The van der Waals surface area contributed by atoms with Crippen molar-refractivity contribution < 1.29 is 13.9 Å². The predicted molar refractivity (Wildman–Crippen MR) is 80.0 cm³/mol. The van der Waals surface area contributed by atoms with Gasteiger partial charge in [-0.05, 0) is 49.2 Å². The van der Waals surface area contributed by atoms with Crippen molar-refractivity contribution in [1.29, 1.82) is 0 Å². The van der Waals surface area contributed by atoms with Crippen molar-refractivity contribution >= 4 is 5.91 Å². The summed E-state index contributed by atoms with van der Waals surface area (Å²) >= 11 is 0. The van der Waals surface area contributed by atoms with Gasteiger partial charge in [0.25, 0.3) is 5.91 Å². The quantitative estimate of drug-likeness (QED) is 0.936. The minimum Gasteiger partial charge on any atom is -0.496 e. The molecular weight excluding hydrogens is 269 g/mol. The Balaban J connectivity index is 2.11. The lowest BCUT2D eigenvalue weighted by Crippen LogP contribution is -2.24. The number of benzene rings is 2. The SMILES string of the molecule is COc1cc(C)ccc1CNC(=O)c1ccc(F)cc1C. The second kappa shape index (κ2) is 6.39. The fraction of sp³-hybridized carbons (Fsp3) is 0.235. The van der Waals surface area contributed by atoms with Crippen LogP contribution in [-0.4, -0.2) is 13.0 Å². The standard InChI is InChI=1S/C17H18FNO2/c1-11-4-5-13(16(8-11)21-3)10-19-17(20)15-7-6-14(18)9-12(15)2/h4-9H,10H2,1-3H3,(H,19,20). The number of nitrogens with one attached hydrogen (secondary N) is 1. The molecule has 2 aromatic carbocycles. The van der Waals surface area contributed by atoms with Crippen molar-refractivity contribution in [3.8, 4) is 5.75 Å². The van der Waals surface area contributed by atoms with Crippen LogP contribution < -0.4 is 10.1 Å². The number of hydrogen-bond acceptors (Lipinski definition) is 2. The summed E-state index contributed by atoms with van der Waals surface area (Å²) in [6.45, 7) is 4.05. The number of halogens is 1. The van der Waals surface area contributed by atoms with Crippen molar-refractivity contribution in [2.24, 2.45) is 0 Å². The summed E-state index contributed by atoms with van der Waals surface area (Å²) < 4.78 is 18.4. The van der Waals surface area contributed by atoms with E-state index in [1.165, 1.54) is 18.2 Å². The summed E-state index contributed by atoms with van der Waals surface area (Å²) in [4.78, 5) is 12.1. The minimum atomic E-state index is -0.343. The summed E-state index contributed by atoms with van der Waals surface area (Å²) in [5, 5.41) is 2.83. The Labute approximate surface area is 123 Å². The molecule has 0 unspecified atom stereocenters.